The number of aromatic nitrogens is 1. The van der Waals surface area contributed by atoms with Gasteiger partial charge in [-0.15, -0.1) is 22.7 Å². The summed E-state index contributed by atoms with van der Waals surface area (Å²) in [5.74, 6) is 0.278. The normalized spacial score (nSPS) is 12.0. The van der Waals surface area contributed by atoms with Crippen LogP contribution in [0, 0.1) is 0 Å². The highest BCUT2D eigenvalue weighted by Gasteiger charge is 2.18. The van der Waals surface area contributed by atoms with Gasteiger partial charge in [0.25, 0.3) is 10.0 Å². The maximum absolute atomic E-state index is 12.1. The molecule has 0 saturated carbocycles. The first-order chi connectivity index (χ1) is 8.92. The Bertz CT molecular complexity index is 658. The largest absolute Gasteiger partial charge is 0.326 e. The van der Waals surface area contributed by atoms with Crippen molar-refractivity contribution in [2.24, 2.45) is 5.73 Å². The Morgan fingerprint density at radius 2 is 2.16 bits per heavy atom. The zero-order valence-corrected chi connectivity index (χ0v) is 13.0. The van der Waals surface area contributed by atoms with E-state index in [1.165, 1.54) is 22.7 Å². The van der Waals surface area contributed by atoms with Crippen molar-refractivity contribution in [2.45, 2.75) is 30.5 Å². The summed E-state index contributed by atoms with van der Waals surface area (Å²) >= 11 is 2.46. The van der Waals surface area contributed by atoms with Gasteiger partial charge in [0.2, 0.25) is 0 Å². The average molecular weight is 317 g/mol. The second-order valence-electron chi connectivity index (χ2n) is 4.26. The molecule has 104 valence electrons. The maximum atomic E-state index is 12.1. The van der Waals surface area contributed by atoms with E-state index in [0.717, 1.165) is 10.6 Å². The van der Waals surface area contributed by atoms with Crippen LogP contribution in [0.4, 0.5) is 5.13 Å². The van der Waals surface area contributed by atoms with E-state index in [9.17, 15) is 8.42 Å². The molecule has 2 aromatic rings. The van der Waals surface area contributed by atoms with Gasteiger partial charge in [0.05, 0.1) is 5.69 Å². The number of nitrogens with two attached hydrogens (primary N) is 1. The summed E-state index contributed by atoms with van der Waals surface area (Å²) in [4.78, 5) is 5.09. The molecule has 0 atom stereocenters. The molecule has 2 aromatic heterocycles. The van der Waals surface area contributed by atoms with Crippen LogP contribution in [0.25, 0.3) is 0 Å². The minimum atomic E-state index is -3.55. The van der Waals surface area contributed by atoms with Gasteiger partial charge in [-0.3, -0.25) is 4.72 Å². The molecule has 0 bridgehead atoms. The van der Waals surface area contributed by atoms with Crippen LogP contribution in [0.15, 0.2) is 21.7 Å². The lowest BCUT2D eigenvalue weighted by Crippen LogP contribution is -2.11. The van der Waals surface area contributed by atoms with Gasteiger partial charge in [-0.1, -0.05) is 13.8 Å². The number of thiophene rings is 1. The van der Waals surface area contributed by atoms with Gasteiger partial charge in [0.15, 0.2) is 5.13 Å². The molecule has 19 heavy (non-hydrogen) atoms. The summed E-state index contributed by atoms with van der Waals surface area (Å²) in [6, 6.07) is 3.28. The standard InChI is InChI=1S/C11H15N3O2S3/c1-7(2)9-6-17-11(13-9)14-19(15,16)10-4-3-8(5-12)18-10/h3-4,6-7H,5,12H2,1-2H3,(H,13,14). The smallest absolute Gasteiger partial charge is 0.273 e. The van der Waals surface area contributed by atoms with Gasteiger partial charge in [0, 0.05) is 16.8 Å². The Hall–Kier alpha value is -0.960. The molecule has 0 aliphatic carbocycles. The number of hydrogen-bond donors (Lipinski definition) is 2. The lowest BCUT2D eigenvalue weighted by Gasteiger charge is -2.02. The third-order valence-corrected chi connectivity index (χ3v) is 6.28. The number of hydrogen-bond acceptors (Lipinski definition) is 6. The molecule has 8 heteroatoms. The maximum Gasteiger partial charge on any atom is 0.273 e. The van der Waals surface area contributed by atoms with Crippen LogP contribution in [0.3, 0.4) is 0 Å². The van der Waals surface area contributed by atoms with Crippen LogP contribution in [0.2, 0.25) is 0 Å². The number of rotatable bonds is 5. The molecular weight excluding hydrogens is 302 g/mol. The number of nitrogens with zero attached hydrogens (tertiary/aromatic N) is 1. The lowest BCUT2D eigenvalue weighted by atomic mass is 10.2. The highest BCUT2D eigenvalue weighted by atomic mass is 32.2. The fraction of sp³-hybridized carbons (Fsp3) is 0.364. The molecule has 0 spiro atoms. The number of sulfonamides is 1. The molecule has 2 heterocycles. The molecule has 2 rings (SSSR count). The zero-order valence-electron chi connectivity index (χ0n) is 10.6. The van der Waals surface area contributed by atoms with Crippen molar-refractivity contribution in [2.75, 3.05) is 4.72 Å². The van der Waals surface area contributed by atoms with E-state index in [-0.39, 0.29) is 10.1 Å². The van der Waals surface area contributed by atoms with Crippen molar-refractivity contribution in [3.05, 3.63) is 28.1 Å². The highest BCUT2D eigenvalue weighted by Crippen LogP contribution is 2.26. The third kappa shape index (κ3) is 3.33. The summed E-state index contributed by atoms with van der Waals surface area (Å²) in [5.41, 5.74) is 6.37. The van der Waals surface area contributed by atoms with Gasteiger partial charge in [-0.25, -0.2) is 13.4 Å². The monoisotopic (exact) mass is 317 g/mol. The second-order valence-corrected chi connectivity index (χ2v) is 8.20. The molecule has 3 N–H and O–H groups in total. The zero-order chi connectivity index (χ0) is 14.0. The van der Waals surface area contributed by atoms with Crippen molar-refractivity contribution >= 4 is 37.8 Å². The minimum Gasteiger partial charge on any atom is -0.326 e. The van der Waals surface area contributed by atoms with Crippen molar-refractivity contribution in [3.8, 4) is 0 Å². The SMILES string of the molecule is CC(C)c1csc(NS(=O)(=O)c2ccc(CN)s2)n1. The van der Waals surface area contributed by atoms with Gasteiger partial charge in [0.1, 0.15) is 4.21 Å². The van der Waals surface area contributed by atoms with E-state index < -0.39 is 10.0 Å². The molecule has 0 radical (unpaired) electrons. The molecular formula is C11H15N3O2S3. The topological polar surface area (TPSA) is 85.1 Å². The second kappa shape index (κ2) is 5.58. The van der Waals surface area contributed by atoms with Crippen LogP contribution in [-0.2, 0) is 16.6 Å². The van der Waals surface area contributed by atoms with Crippen molar-refractivity contribution in [1.29, 1.82) is 0 Å². The lowest BCUT2D eigenvalue weighted by molar-refractivity contribution is 0.603. The van der Waals surface area contributed by atoms with Crippen molar-refractivity contribution in [3.63, 3.8) is 0 Å². The number of nitrogens with one attached hydrogen (secondary N) is 1. The molecule has 0 aliphatic rings. The fourth-order valence-corrected chi connectivity index (χ4v) is 4.73. The predicted molar refractivity (Wildman–Crippen MR) is 79.2 cm³/mol. The summed E-state index contributed by atoms with van der Waals surface area (Å²) in [6.45, 7) is 4.37. The third-order valence-electron chi connectivity index (χ3n) is 2.44. The quantitative estimate of drug-likeness (QED) is 0.887. The molecule has 5 nitrogen and oxygen atoms in total. The number of anilines is 1. The molecule has 0 saturated heterocycles. The Morgan fingerprint density at radius 1 is 1.42 bits per heavy atom. The summed E-state index contributed by atoms with van der Waals surface area (Å²) < 4.78 is 27.0. The Labute approximate surface area is 120 Å². The molecule has 0 aliphatic heterocycles. The summed E-state index contributed by atoms with van der Waals surface area (Å²) in [5, 5.41) is 2.26. The van der Waals surface area contributed by atoms with Gasteiger partial charge >= 0.3 is 0 Å². The van der Waals surface area contributed by atoms with E-state index in [1.807, 2.05) is 19.2 Å². The predicted octanol–water partition coefficient (Wildman–Crippen LogP) is 2.59. The first-order valence-corrected chi connectivity index (χ1v) is 8.87. The van der Waals surface area contributed by atoms with E-state index in [0.29, 0.717) is 11.7 Å². The summed E-state index contributed by atoms with van der Waals surface area (Å²) in [6.07, 6.45) is 0. The van der Waals surface area contributed by atoms with Crippen molar-refractivity contribution in [1.82, 2.24) is 4.98 Å². The summed E-state index contributed by atoms with van der Waals surface area (Å²) in [7, 11) is -3.55. The van der Waals surface area contributed by atoms with Gasteiger partial charge in [-0.2, -0.15) is 0 Å². The van der Waals surface area contributed by atoms with Crippen LogP contribution in [0.5, 0.6) is 0 Å². The number of thiazole rings is 1. The first-order valence-electron chi connectivity index (χ1n) is 5.69. The Kier molecular flexibility index (Phi) is 4.24. The van der Waals surface area contributed by atoms with E-state index in [4.69, 9.17) is 5.73 Å². The van der Waals surface area contributed by atoms with Gasteiger partial charge in [-0.05, 0) is 18.1 Å². The fourth-order valence-electron chi connectivity index (χ4n) is 1.38. The van der Waals surface area contributed by atoms with E-state index in [1.54, 1.807) is 12.1 Å². The van der Waals surface area contributed by atoms with Gasteiger partial charge < -0.3 is 5.73 Å². The van der Waals surface area contributed by atoms with E-state index in [2.05, 4.69) is 9.71 Å². The molecule has 0 amide bonds. The first kappa shape index (κ1) is 14.4. The van der Waals surface area contributed by atoms with Crippen LogP contribution < -0.4 is 10.5 Å². The Morgan fingerprint density at radius 3 is 2.68 bits per heavy atom. The van der Waals surface area contributed by atoms with Crippen LogP contribution in [-0.4, -0.2) is 13.4 Å². The molecule has 0 fully saturated rings. The minimum absolute atomic E-state index is 0.259. The van der Waals surface area contributed by atoms with Crippen LogP contribution in [0.1, 0.15) is 30.3 Å². The van der Waals surface area contributed by atoms with E-state index >= 15 is 0 Å². The molecule has 0 unspecified atom stereocenters. The van der Waals surface area contributed by atoms with Crippen LogP contribution >= 0.6 is 22.7 Å². The Balaban J connectivity index is 2.20. The van der Waals surface area contributed by atoms with Crippen molar-refractivity contribution < 1.29 is 8.42 Å². The average Bonchev–Trinajstić information content (AvgIpc) is 2.96. The molecule has 0 aromatic carbocycles. The highest BCUT2D eigenvalue weighted by molar-refractivity contribution is 7.94.